The van der Waals surface area contributed by atoms with Gasteiger partial charge >= 0.3 is 5.97 Å². The van der Waals surface area contributed by atoms with Gasteiger partial charge in [0.2, 0.25) is 0 Å². The fraction of sp³-hybridized carbons (Fsp3) is 0.259. The summed E-state index contributed by atoms with van der Waals surface area (Å²) >= 11 is 0. The molecule has 0 saturated heterocycles. The van der Waals surface area contributed by atoms with Crippen molar-refractivity contribution in [1.82, 2.24) is 9.55 Å². The maximum Gasteiger partial charge on any atom is 0.341 e. The van der Waals surface area contributed by atoms with Gasteiger partial charge in [0.05, 0.1) is 32.0 Å². The van der Waals surface area contributed by atoms with Crippen LogP contribution in [0.15, 0.2) is 54.7 Å². The number of nitrogens with zero attached hydrogens (tertiary/aromatic N) is 2. The lowest BCUT2D eigenvalue weighted by Crippen LogP contribution is -2.12. The number of esters is 1. The van der Waals surface area contributed by atoms with Gasteiger partial charge in [-0.05, 0) is 62.4 Å². The minimum atomic E-state index is -0.470. The lowest BCUT2D eigenvalue weighted by Gasteiger charge is -2.13. The third kappa shape index (κ3) is 4.91. The van der Waals surface area contributed by atoms with E-state index in [9.17, 15) is 9.18 Å². The number of carbonyl (C=O) groups excluding carboxylic acids is 1. The third-order valence-corrected chi connectivity index (χ3v) is 5.80. The molecule has 1 N–H and O–H groups in total. The van der Waals surface area contributed by atoms with E-state index in [4.69, 9.17) is 14.2 Å². The van der Waals surface area contributed by atoms with E-state index in [0.29, 0.717) is 48.0 Å². The first-order valence-electron chi connectivity index (χ1n) is 11.3. The molecule has 0 aliphatic rings. The lowest BCUT2D eigenvalue weighted by molar-refractivity contribution is 0.0596. The monoisotopic (exact) mass is 477 g/mol. The quantitative estimate of drug-likeness (QED) is 0.323. The van der Waals surface area contributed by atoms with Crippen LogP contribution in [0.25, 0.3) is 22.2 Å². The summed E-state index contributed by atoms with van der Waals surface area (Å²) in [5.74, 6) is 0.368. The molecule has 7 nitrogen and oxygen atoms in total. The number of pyridine rings is 1. The molecule has 4 aromatic rings. The molecule has 2 heterocycles. The first-order chi connectivity index (χ1) is 17.0. The Kier molecular flexibility index (Phi) is 7.19. The number of methoxy groups -OCH3 is 2. The summed E-state index contributed by atoms with van der Waals surface area (Å²) in [6, 6.07) is 14.1. The van der Waals surface area contributed by atoms with E-state index in [1.54, 1.807) is 31.5 Å². The van der Waals surface area contributed by atoms with E-state index in [2.05, 4.69) is 10.3 Å². The molecular formula is C27H28FN3O4. The van der Waals surface area contributed by atoms with Gasteiger partial charge in [-0.1, -0.05) is 0 Å². The van der Waals surface area contributed by atoms with Crippen molar-refractivity contribution in [3.05, 3.63) is 71.8 Å². The molecule has 0 aliphatic heterocycles. The minimum Gasteiger partial charge on any atom is -0.496 e. The Labute approximate surface area is 203 Å². The van der Waals surface area contributed by atoms with Crippen LogP contribution in [0.5, 0.6) is 11.5 Å². The van der Waals surface area contributed by atoms with Crippen molar-refractivity contribution < 1.29 is 23.4 Å². The molecule has 0 saturated carbocycles. The number of aromatic nitrogens is 2. The van der Waals surface area contributed by atoms with Crippen molar-refractivity contribution in [2.45, 2.75) is 20.4 Å². The van der Waals surface area contributed by atoms with Gasteiger partial charge in [0.25, 0.3) is 0 Å². The highest BCUT2D eigenvalue weighted by Crippen LogP contribution is 2.31. The number of rotatable bonds is 9. The first kappa shape index (κ1) is 24.1. The second kappa shape index (κ2) is 10.5. The molecule has 4 rings (SSSR count). The molecule has 0 spiro atoms. The van der Waals surface area contributed by atoms with Crippen LogP contribution in [-0.4, -0.2) is 42.9 Å². The van der Waals surface area contributed by atoms with E-state index in [1.807, 2.05) is 42.7 Å². The molecule has 2 aromatic carbocycles. The number of hydrogen-bond acceptors (Lipinski definition) is 6. The Morgan fingerprint density at radius 2 is 1.89 bits per heavy atom. The average molecular weight is 478 g/mol. The van der Waals surface area contributed by atoms with Crippen molar-refractivity contribution in [3.8, 4) is 22.8 Å². The van der Waals surface area contributed by atoms with E-state index in [1.165, 1.54) is 13.2 Å². The van der Waals surface area contributed by atoms with Gasteiger partial charge in [-0.3, -0.25) is 4.98 Å². The number of nitrogens with one attached hydrogen (secondary N) is 1. The van der Waals surface area contributed by atoms with Crippen molar-refractivity contribution in [3.63, 3.8) is 0 Å². The molecule has 0 radical (unpaired) electrons. The second-order valence-electron chi connectivity index (χ2n) is 7.94. The zero-order valence-corrected chi connectivity index (χ0v) is 20.2. The summed E-state index contributed by atoms with van der Waals surface area (Å²) in [6.07, 6.45) is 1.70. The third-order valence-electron chi connectivity index (χ3n) is 5.80. The van der Waals surface area contributed by atoms with Crippen molar-refractivity contribution in [2.24, 2.45) is 0 Å². The Balaban J connectivity index is 1.54. The van der Waals surface area contributed by atoms with Gasteiger partial charge in [0.1, 0.15) is 22.9 Å². The van der Waals surface area contributed by atoms with Crippen LogP contribution >= 0.6 is 0 Å². The summed E-state index contributed by atoms with van der Waals surface area (Å²) in [5, 5.41) is 4.14. The molecule has 0 aliphatic carbocycles. The highest BCUT2D eigenvalue weighted by Gasteiger charge is 2.16. The lowest BCUT2D eigenvalue weighted by atomic mass is 10.1. The topological polar surface area (TPSA) is 74.6 Å². The second-order valence-corrected chi connectivity index (χ2v) is 7.94. The maximum atomic E-state index is 14.6. The molecule has 8 heteroatoms. The van der Waals surface area contributed by atoms with Gasteiger partial charge in [-0.15, -0.1) is 0 Å². The number of hydrogen-bond donors (Lipinski definition) is 1. The fourth-order valence-corrected chi connectivity index (χ4v) is 4.16. The van der Waals surface area contributed by atoms with Gasteiger partial charge in [0, 0.05) is 41.6 Å². The van der Waals surface area contributed by atoms with E-state index < -0.39 is 5.97 Å². The maximum absolute atomic E-state index is 14.6. The summed E-state index contributed by atoms with van der Waals surface area (Å²) in [4.78, 5) is 16.7. The highest BCUT2D eigenvalue weighted by atomic mass is 19.1. The van der Waals surface area contributed by atoms with Crippen LogP contribution in [0.3, 0.4) is 0 Å². The Morgan fingerprint density at radius 3 is 2.63 bits per heavy atom. The van der Waals surface area contributed by atoms with Crippen LogP contribution in [0.1, 0.15) is 23.0 Å². The summed E-state index contributed by atoms with van der Waals surface area (Å²) in [6.45, 7) is 5.38. The number of anilines is 1. The van der Waals surface area contributed by atoms with Gasteiger partial charge in [0.15, 0.2) is 0 Å². The molecule has 0 fully saturated rings. The summed E-state index contributed by atoms with van der Waals surface area (Å²) < 4.78 is 32.4. The SMILES string of the molecule is CCOc1ccc(-c2cc(NCCn3c(C)cc4c(OC)ccc(F)c43)ccn2)cc1C(=O)OC. The fourth-order valence-electron chi connectivity index (χ4n) is 4.16. The number of benzene rings is 2. The summed E-state index contributed by atoms with van der Waals surface area (Å²) in [7, 11) is 2.92. The van der Waals surface area contributed by atoms with Crippen LogP contribution in [0.2, 0.25) is 0 Å². The molecule has 0 unspecified atom stereocenters. The molecular weight excluding hydrogens is 449 g/mol. The standard InChI is InChI=1S/C27H28FN3O4/c1-5-35-25-8-6-18(15-21(25)27(32)34-4)23-16-19(10-11-30-23)29-12-13-31-17(2)14-20-24(33-3)9-7-22(28)26(20)31/h6-11,14-16H,5,12-13H2,1-4H3,(H,29,30). The number of fused-ring (bicyclic) bond motifs is 1. The normalized spacial score (nSPS) is 10.9. The van der Waals surface area contributed by atoms with Gasteiger partial charge in [-0.2, -0.15) is 0 Å². The molecule has 35 heavy (non-hydrogen) atoms. The molecule has 0 amide bonds. The van der Waals surface area contributed by atoms with E-state index in [0.717, 1.165) is 22.3 Å². The van der Waals surface area contributed by atoms with E-state index >= 15 is 0 Å². The van der Waals surface area contributed by atoms with Crippen molar-refractivity contribution in [2.75, 3.05) is 32.7 Å². The average Bonchev–Trinajstić information content (AvgIpc) is 3.21. The zero-order chi connectivity index (χ0) is 24.9. The van der Waals surface area contributed by atoms with Crippen LogP contribution in [0, 0.1) is 12.7 Å². The number of aryl methyl sites for hydroxylation is 1. The van der Waals surface area contributed by atoms with Crippen LogP contribution in [0.4, 0.5) is 10.1 Å². The minimum absolute atomic E-state index is 0.281. The molecule has 0 bridgehead atoms. The Hall–Kier alpha value is -4.07. The zero-order valence-electron chi connectivity index (χ0n) is 20.2. The predicted molar refractivity (Wildman–Crippen MR) is 134 cm³/mol. The Morgan fingerprint density at radius 1 is 1.09 bits per heavy atom. The van der Waals surface area contributed by atoms with Crippen molar-refractivity contribution >= 4 is 22.6 Å². The molecule has 182 valence electrons. The largest absolute Gasteiger partial charge is 0.496 e. The summed E-state index contributed by atoms with van der Waals surface area (Å²) in [5.41, 5.74) is 4.14. The number of carbonyl (C=O) groups is 1. The predicted octanol–water partition coefficient (Wildman–Crippen LogP) is 5.46. The van der Waals surface area contributed by atoms with Gasteiger partial charge < -0.3 is 24.1 Å². The molecule has 0 atom stereocenters. The number of ether oxygens (including phenoxy) is 3. The first-order valence-corrected chi connectivity index (χ1v) is 11.3. The van der Waals surface area contributed by atoms with Crippen LogP contribution < -0.4 is 14.8 Å². The highest BCUT2D eigenvalue weighted by molar-refractivity contribution is 5.94. The Bertz CT molecular complexity index is 1370. The smallest absolute Gasteiger partial charge is 0.341 e. The molecule has 2 aromatic heterocycles. The van der Waals surface area contributed by atoms with Crippen LogP contribution in [-0.2, 0) is 11.3 Å². The van der Waals surface area contributed by atoms with Gasteiger partial charge in [-0.25, -0.2) is 9.18 Å². The van der Waals surface area contributed by atoms with Crippen molar-refractivity contribution in [1.29, 1.82) is 0 Å². The number of halogens is 1. The van der Waals surface area contributed by atoms with E-state index in [-0.39, 0.29) is 5.82 Å².